The van der Waals surface area contributed by atoms with Gasteiger partial charge in [-0.25, -0.2) is 9.78 Å². The van der Waals surface area contributed by atoms with Gasteiger partial charge in [-0.3, -0.25) is 4.90 Å². The molecule has 5 heteroatoms. The van der Waals surface area contributed by atoms with E-state index in [1.807, 2.05) is 12.1 Å². The third-order valence-electron chi connectivity index (χ3n) is 3.21. The quantitative estimate of drug-likeness (QED) is 0.840. The molecular weight excluding hydrogens is 256 g/mol. The summed E-state index contributed by atoms with van der Waals surface area (Å²) in [6.07, 6.45) is 4.09. The van der Waals surface area contributed by atoms with Gasteiger partial charge < -0.3 is 9.52 Å². The molecule has 0 bridgehead atoms. The second-order valence-electron chi connectivity index (χ2n) is 4.55. The molecule has 0 aliphatic carbocycles. The molecule has 1 N–H and O–H groups in total. The van der Waals surface area contributed by atoms with Gasteiger partial charge in [0.25, 0.3) is 0 Å². The number of nitrogens with zero attached hydrogens (tertiary/aromatic N) is 2. The summed E-state index contributed by atoms with van der Waals surface area (Å²) in [5.41, 5.74) is 1.45. The Bertz CT molecular complexity index is 535. The van der Waals surface area contributed by atoms with E-state index in [0.717, 1.165) is 25.1 Å². The molecule has 0 aliphatic rings. The van der Waals surface area contributed by atoms with Crippen LogP contribution in [0.1, 0.15) is 28.7 Å². The maximum absolute atomic E-state index is 10.8. The number of hydrogen-bond acceptors (Lipinski definition) is 4. The summed E-state index contributed by atoms with van der Waals surface area (Å²) in [6.45, 7) is 4.58. The number of aromatic carboxylic acids is 1. The van der Waals surface area contributed by atoms with E-state index in [1.165, 1.54) is 0 Å². The summed E-state index contributed by atoms with van der Waals surface area (Å²) >= 11 is 0. The van der Waals surface area contributed by atoms with Crippen molar-refractivity contribution < 1.29 is 14.3 Å². The number of aromatic nitrogens is 1. The Balaban J connectivity index is 1.87. The highest BCUT2D eigenvalue weighted by atomic mass is 16.4. The number of benzene rings is 1. The number of hydrogen-bond donors (Lipinski definition) is 1. The summed E-state index contributed by atoms with van der Waals surface area (Å²) in [4.78, 5) is 17.1. The van der Waals surface area contributed by atoms with Crippen LogP contribution in [0.15, 0.2) is 41.1 Å². The van der Waals surface area contributed by atoms with Gasteiger partial charge in [-0.1, -0.05) is 19.1 Å². The number of carboxylic acid groups (broad SMARTS) is 1. The van der Waals surface area contributed by atoms with E-state index in [-0.39, 0.29) is 0 Å². The van der Waals surface area contributed by atoms with Crippen molar-refractivity contribution in [1.29, 1.82) is 0 Å². The van der Waals surface area contributed by atoms with Gasteiger partial charge in [0.1, 0.15) is 6.26 Å². The Hall–Kier alpha value is -2.14. The van der Waals surface area contributed by atoms with Gasteiger partial charge >= 0.3 is 5.97 Å². The molecule has 0 atom stereocenters. The number of rotatable bonds is 7. The second kappa shape index (κ2) is 6.86. The van der Waals surface area contributed by atoms with E-state index < -0.39 is 5.97 Å². The molecule has 0 aliphatic heterocycles. The molecule has 5 nitrogen and oxygen atoms in total. The number of oxazole rings is 1. The fourth-order valence-corrected chi connectivity index (χ4v) is 1.97. The zero-order chi connectivity index (χ0) is 14.4. The van der Waals surface area contributed by atoms with Crippen LogP contribution in [-0.4, -0.2) is 34.0 Å². The lowest BCUT2D eigenvalue weighted by Gasteiger charge is -2.18. The lowest BCUT2D eigenvalue weighted by atomic mass is 10.1. The van der Waals surface area contributed by atoms with Crippen LogP contribution < -0.4 is 0 Å². The lowest BCUT2D eigenvalue weighted by molar-refractivity contribution is 0.0697. The number of carboxylic acids is 1. The summed E-state index contributed by atoms with van der Waals surface area (Å²) in [7, 11) is 0. The number of likely N-dealkylation sites (N-methyl/N-ethyl adjacent to an activating group) is 1. The lowest BCUT2D eigenvalue weighted by Crippen LogP contribution is -2.25. The summed E-state index contributed by atoms with van der Waals surface area (Å²) in [5, 5.41) is 8.85. The van der Waals surface area contributed by atoms with Gasteiger partial charge in [0.15, 0.2) is 0 Å². The maximum Gasteiger partial charge on any atom is 0.335 e. The minimum absolute atomic E-state index is 0.320. The normalized spacial score (nSPS) is 10.9. The second-order valence-corrected chi connectivity index (χ2v) is 4.55. The Morgan fingerprint density at radius 3 is 2.65 bits per heavy atom. The van der Waals surface area contributed by atoms with Crippen molar-refractivity contribution in [1.82, 2.24) is 9.88 Å². The SMILES string of the molecule is CCN(CCc1ccc(C(=O)O)cc1)Cc1ncco1. The highest BCUT2D eigenvalue weighted by molar-refractivity contribution is 5.87. The van der Waals surface area contributed by atoms with E-state index in [0.29, 0.717) is 18.0 Å². The molecular formula is C15H18N2O3. The Morgan fingerprint density at radius 1 is 1.35 bits per heavy atom. The molecule has 0 saturated carbocycles. The Kier molecular flexibility index (Phi) is 4.90. The summed E-state index contributed by atoms with van der Waals surface area (Å²) in [5.74, 6) is -0.177. The average molecular weight is 274 g/mol. The van der Waals surface area contributed by atoms with Crippen LogP contribution in [0.5, 0.6) is 0 Å². The molecule has 2 rings (SSSR count). The van der Waals surface area contributed by atoms with Crippen molar-refractivity contribution in [3.05, 3.63) is 53.7 Å². The van der Waals surface area contributed by atoms with Crippen LogP contribution in [-0.2, 0) is 13.0 Å². The van der Waals surface area contributed by atoms with Crippen molar-refractivity contribution in [2.24, 2.45) is 0 Å². The molecule has 1 heterocycles. The van der Waals surface area contributed by atoms with Crippen LogP contribution >= 0.6 is 0 Å². The average Bonchev–Trinajstić information content (AvgIpc) is 2.96. The van der Waals surface area contributed by atoms with Crippen LogP contribution in [0, 0.1) is 0 Å². The first-order chi connectivity index (χ1) is 9.69. The molecule has 0 unspecified atom stereocenters. The summed E-state index contributed by atoms with van der Waals surface area (Å²) < 4.78 is 5.24. The zero-order valence-electron chi connectivity index (χ0n) is 11.5. The molecule has 1 aromatic heterocycles. The van der Waals surface area contributed by atoms with Gasteiger partial charge in [0.2, 0.25) is 5.89 Å². The van der Waals surface area contributed by atoms with Gasteiger partial charge in [-0.15, -0.1) is 0 Å². The third-order valence-corrected chi connectivity index (χ3v) is 3.21. The molecule has 0 fully saturated rings. The van der Waals surface area contributed by atoms with Crippen molar-refractivity contribution in [2.75, 3.05) is 13.1 Å². The smallest absolute Gasteiger partial charge is 0.335 e. The predicted molar refractivity (Wildman–Crippen MR) is 74.6 cm³/mol. The van der Waals surface area contributed by atoms with Gasteiger partial charge in [-0.2, -0.15) is 0 Å². The topological polar surface area (TPSA) is 66.6 Å². The Labute approximate surface area is 117 Å². The van der Waals surface area contributed by atoms with Crippen LogP contribution in [0.25, 0.3) is 0 Å². The third kappa shape index (κ3) is 3.93. The van der Waals surface area contributed by atoms with Crippen molar-refractivity contribution in [3.63, 3.8) is 0 Å². The zero-order valence-corrected chi connectivity index (χ0v) is 11.5. The molecule has 2 aromatic rings. The first-order valence-electron chi connectivity index (χ1n) is 6.62. The van der Waals surface area contributed by atoms with Crippen LogP contribution in [0.2, 0.25) is 0 Å². The molecule has 0 saturated heterocycles. The number of carbonyl (C=O) groups is 1. The minimum Gasteiger partial charge on any atom is -0.478 e. The van der Waals surface area contributed by atoms with E-state index in [9.17, 15) is 4.79 Å². The van der Waals surface area contributed by atoms with Crippen molar-refractivity contribution in [3.8, 4) is 0 Å². The molecule has 20 heavy (non-hydrogen) atoms. The van der Waals surface area contributed by atoms with E-state index >= 15 is 0 Å². The highest BCUT2D eigenvalue weighted by Crippen LogP contribution is 2.08. The first kappa shape index (κ1) is 14.3. The van der Waals surface area contributed by atoms with E-state index in [1.54, 1.807) is 24.6 Å². The molecule has 0 amide bonds. The van der Waals surface area contributed by atoms with Gasteiger partial charge in [0.05, 0.1) is 18.3 Å². The molecule has 106 valence electrons. The first-order valence-corrected chi connectivity index (χ1v) is 6.62. The van der Waals surface area contributed by atoms with Gasteiger partial charge in [-0.05, 0) is 30.7 Å². The van der Waals surface area contributed by atoms with E-state index in [2.05, 4.69) is 16.8 Å². The molecule has 0 radical (unpaired) electrons. The fourth-order valence-electron chi connectivity index (χ4n) is 1.97. The Morgan fingerprint density at radius 2 is 2.10 bits per heavy atom. The van der Waals surface area contributed by atoms with E-state index in [4.69, 9.17) is 9.52 Å². The van der Waals surface area contributed by atoms with Crippen LogP contribution in [0.4, 0.5) is 0 Å². The maximum atomic E-state index is 10.8. The predicted octanol–water partition coefficient (Wildman–Crippen LogP) is 2.44. The molecule has 0 spiro atoms. The fraction of sp³-hybridized carbons (Fsp3) is 0.333. The monoisotopic (exact) mass is 274 g/mol. The van der Waals surface area contributed by atoms with Gasteiger partial charge in [0, 0.05) is 6.54 Å². The van der Waals surface area contributed by atoms with Crippen LogP contribution in [0.3, 0.4) is 0 Å². The summed E-state index contributed by atoms with van der Waals surface area (Å²) in [6, 6.07) is 7.01. The minimum atomic E-state index is -0.893. The van der Waals surface area contributed by atoms with Crippen molar-refractivity contribution in [2.45, 2.75) is 19.9 Å². The molecule has 1 aromatic carbocycles. The highest BCUT2D eigenvalue weighted by Gasteiger charge is 2.07. The van der Waals surface area contributed by atoms with Crippen molar-refractivity contribution >= 4 is 5.97 Å². The largest absolute Gasteiger partial charge is 0.478 e. The standard InChI is InChI=1S/C15H18N2O3/c1-2-17(11-14-16-8-10-20-14)9-7-12-3-5-13(6-4-12)15(18)19/h3-6,8,10H,2,7,9,11H2,1H3,(H,18,19).